The van der Waals surface area contributed by atoms with Crippen LogP contribution in [0.25, 0.3) is 0 Å². The number of methoxy groups -OCH3 is 1. The predicted molar refractivity (Wildman–Crippen MR) is 87.7 cm³/mol. The first-order chi connectivity index (χ1) is 11.3. The van der Waals surface area contributed by atoms with Gasteiger partial charge in [-0.1, -0.05) is 0 Å². The van der Waals surface area contributed by atoms with Crippen LogP contribution in [0.1, 0.15) is 44.3 Å². The summed E-state index contributed by atoms with van der Waals surface area (Å²) in [5.41, 5.74) is 1.12. The Balaban J connectivity index is 2.35. The van der Waals surface area contributed by atoms with Gasteiger partial charge in [0, 0.05) is 11.1 Å². The second-order valence-corrected chi connectivity index (χ2v) is 6.33. The summed E-state index contributed by atoms with van der Waals surface area (Å²) in [6.07, 6.45) is 1.35. The Morgan fingerprint density at radius 2 is 2.04 bits per heavy atom. The lowest BCUT2D eigenvalue weighted by Gasteiger charge is -2.11. The number of nitrogens with one attached hydrogen (secondary N) is 1. The number of hydrogen-bond donors (Lipinski definition) is 2. The number of carbonyl (C=O) groups excluding carboxylic acids is 2. The lowest BCUT2D eigenvalue weighted by atomic mass is 10.1. The number of esters is 1. The molecule has 1 amide bonds. The van der Waals surface area contributed by atoms with Crippen LogP contribution in [0.3, 0.4) is 0 Å². The van der Waals surface area contributed by atoms with Gasteiger partial charge < -0.3 is 15.2 Å². The number of aromatic nitrogens is 2. The summed E-state index contributed by atoms with van der Waals surface area (Å²) in [4.78, 5) is 36.4. The van der Waals surface area contributed by atoms with E-state index in [4.69, 9.17) is 9.84 Å². The van der Waals surface area contributed by atoms with E-state index in [1.165, 1.54) is 37.6 Å². The van der Waals surface area contributed by atoms with Crippen LogP contribution in [0, 0.1) is 13.8 Å². The zero-order chi connectivity index (χ0) is 18.0. The monoisotopic (exact) mass is 351 g/mol. The quantitative estimate of drug-likeness (QED) is 0.799. The molecule has 0 saturated heterocycles. The van der Waals surface area contributed by atoms with E-state index < -0.39 is 23.9 Å². The van der Waals surface area contributed by atoms with Crippen LogP contribution in [-0.4, -0.2) is 39.8 Å². The fraction of sp³-hybridized carbons (Fsp3) is 0.333. The number of ether oxygens (including phenoxy) is 1. The maximum Gasteiger partial charge on any atom is 0.341 e. The van der Waals surface area contributed by atoms with Gasteiger partial charge in [-0.25, -0.2) is 14.3 Å². The molecular weight excluding hydrogens is 334 g/mol. The zero-order valence-electron chi connectivity index (χ0n) is 13.6. The Morgan fingerprint density at radius 1 is 1.38 bits per heavy atom. The van der Waals surface area contributed by atoms with Gasteiger partial charge in [-0.15, -0.1) is 11.3 Å². The molecule has 2 aromatic rings. The maximum absolute atomic E-state index is 12.5. The third kappa shape index (κ3) is 3.16. The van der Waals surface area contributed by atoms with Crippen LogP contribution < -0.4 is 5.32 Å². The van der Waals surface area contributed by atoms with E-state index in [1.807, 2.05) is 6.92 Å². The molecule has 0 aliphatic heterocycles. The number of hydrogen-bond acceptors (Lipinski definition) is 6. The van der Waals surface area contributed by atoms with Crippen molar-refractivity contribution in [3.63, 3.8) is 0 Å². The predicted octanol–water partition coefficient (Wildman–Crippen LogP) is 2.25. The van der Waals surface area contributed by atoms with Crippen molar-refractivity contribution in [1.29, 1.82) is 0 Å². The highest BCUT2D eigenvalue weighted by atomic mass is 32.1. The number of amides is 1. The Kier molecular flexibility index (Phi) is 5.03. The largest absolute Gasteiger partial charge is 0.480 e. The van der Waals surface area contributed by atoms with Gasteiger partial charge in [-0.05, 0) is 32.4 Å². The Hall–Kier alpha value is -2.68. The number of carboxylic acid groups (broad SMARTS) is 1. The maximum atomic E-state index is 12.5. The van der Waals surface area contributed by atoms with Gasteiger partial charge >= 0.3 is 11.9 Å². The molecule has 0 radical (unpaired) electrons. The van der Waals surface area contributed by atoms with Crippen molar-refractivity contribution >= 4 is 34.2 Å². The fourth-order valence-electron chi connectivity index (χ4n) is 2.14. The van der Waals surface area contributed by atoms with Crippen molar-refractivity contribution < 1.29 is 24.2 Å². The first kappa shape index (κ1) is 17.7. The Bertz CT molecular complexity index is 808. The molecule has 0 saturated carbocycles. The van der Waals surface area contributed by atoms with E-state index in [9.17, 15) is 14.4 Å². The fourth-order valence-corrected chi connectivity index (χ4v) is 3.18. The minimum Gasteiger partial charge on any atom is -0.480 e. The molecule has 0 fully saturated rings. The summed E-state index contributed by atoms with van der Waals surface area (Å²) in [6, 6.07) is 0.424. The molecule has 128 valence electrons. The minimum atomic E-state index is -1.11. The van der Waals surface area contributed by atoms with Gasteiger partial charge in [-0.3, -0.25) is 4.79 Å². The number of anilines is 1. The number of aryl methyl sites for hydroxylation is 1. The van der Waals surface area contributed by atoms with Crippen molar-refractivity contribution in [2.24, 2.45) is 0 Å². The first-order valence-corrected chi connectivity index (χ1v) is 7.85. The van der Waals surface area contributed by atoms with E-state index >= 15 is 0 Å². The molecule has 0 bridgehead atoms. The number of rotatable bonds is 5. The van der Waals surface area contributed by atoms with Crippen LogP contribution in [0.2, 0.25) is 0 Å². The van der Waals surface area contributed by atoms with E-state index in [1.54, 1.807) is 6.92 Å². The van der Waals surface area contributed by atoms with E-state index in [0.29, 0.717) is 10.6 Å². The van der Waals surface area contributed by atoms with Crippen molar-refractivity contribution in [3.05, 3.63) is 34.0 Å². The number of thiophene rings is 1. The molecule has 0 aliphatic carbocycles. The third-order valence-electron chi connectivity index (χ3n) is 3.63. The van der Waals surface area contributed by atoms with Crippen molar-refractivity contribution in [2.45, 2.75) is 26.8 Å². The molecule has 0 spiro atoms. The van der Waals surface area contributed by atoms with Gasteiger partial charge in [0.1, 0.15) is 16.7 Å². The molecule has 2 rings (SSSR count). The van der Waals surface area contributed by atoms with Crippen molar-refractivity contribution in [1.82, 2.24) is 9.78 Å². The molecule has 1 unspecified atom stereocenters. The molecule has 1 atom stereocenters. The molecule has 2 heterocycles. The zero-order valence-corrected chi connectivity index (χ0v) is 14.4. The number of nitrogens with zero attached hydrogens (tertiary/aromatic N) is 2. The second kappa shape index (κ2) is 6.83. The number of aliphatic carboxylic acids is 1. The average molecular weight is 351 g/mol. The molecule has 2 N–H and O–H groups in total. The van der Waals surface area contributed by atoms with E-state index in [-0.39, 0.29) is 5.69 Å². The van der Waals surface area contributed by atoms with Crippen LogP contribution in [0.15, 0.2) is 12.3 Å². The summed E-state index contributed by atoms with van der Waals surface area (Å²) < 4.78 is 5.87. The smallest absolute Gasteiger partial charge is 0.341 e. The van der Waals surface area contributed by atoms with E-state index in [2.05, 4.69) is 10.4 Å². The van der Waals surface area contributed by atoms with Gasteiger partial charge in [0.15, 0.2) is 0 Å². The Labute approximate surface area is 142 Å². The van der Waals surface area contributed by atoms with Gasteiger partial charge in [0.2, 0.25) is 0 Å². The summed E-state index contributed by atoms with van der Waals surface area (Å²) >= 11 is 1.25. The van der Waals surface area contributed by atoms with E-state index in [0.717, 1.165) is 15.1 Å². The SMILES string of the molecule is COC(=O)c1c(NC(=O)c2ccnn2C(C)C(=O)O)sc(C)c1C. The summed E-state index contributed by atoms with van der Waals surface area (Å²) in [5, 5.41) is 16.0. The Morgan fingerprint density at radius 3 is 2.62 bits per heavy atom. The van der Waals surface area contributed by atoms with Crippen molar-refractivity contribution in [3.8, 4) is 0 Å². The highest BCUT2D eigenvalue weighted by molar-refractivity contribution is 7.16. The van der Waals surface area contributed by atoms with Gasteiger partial charge in [0.25, 0.3) is 5.91 Å². The van der Waals surface area contributed by atoms with Crippen LogP contribution in [-0.2, 0) is 9.53 Å². The summed E-state index contributed by atoms with van der Waals surface area (Å²) in [6.45, 7) is 5.02. The topological polar surface area (TPSA) is 111 Å². The lowest BCUT2D eigenvalue weighted by Crippen LogP contribution is -2.24. The van der Waals surface area contributed by atoms with Gasteiger partial charge in [-0.2, -0.15) is 5.10 Å². The molecule has 9 heteroatoms. The highest BCUT2D eigenvalue weighted by Gasteiger charge is 2.25. The third-order valence-corrected chi connectivity index (χ3v) is 4.75. The van der Waals surface area contributed by atoms with Crippen LogP contribution in [0.5, 0.6) is 0 Å². The molecule has 24 heavy (non-hydrogen) atoms. The number of carbonyl (C=O) groups is 3. The first-order valence-electron chi connectivity index (χ1n) is 7.03. The lowest BCUT2D eigenvalue weighted by molar-refractivity contribution is -0.140. The van der Waals surface area contributed by atoms with Crippen LogP contribution >= 0.6 is 11.3 Å². The minimum absolute atomic E-state index is 0.0874. The molecule has 2 aromatic heterocycles. The van der Waals surface area contributed by atoms with Gasteiger partial charge in [0.05, 0.1) is 12.7 Å². The molecular formula is C15H17N3O5S. The molecule has 0 aromatic carbocycles. The molecule has 8 nitrogen and oxygen atoms in total. The second-order valence-electron chi connectivity index (χ2n) is 5.11. The standard InChI is InChI=1S/C15H17N3O5S/c1-7-9(3)24-13(11(7)15(22)23-4)17-12(19)10-5-6-16-18(10)8(2)14(20)21/h5-6,8H,1-4H3,(H,17,19)(H,20,21). The van der Waals surface area contributed by atoms with Crippen LogP contribution in [0.4, 0.5) is 5.00 Å². The highest BCUT2D eigenvalue weighted by Crippen LogP contribution is 2.33. The number of carboxylic acids is 1. The van der Waals surface area contributed by atoms with Crippen molar-refractivity contribution in [2.75, 3.05) is 12.4 Å². The summed E-state index contributed by atoms with van der Waals surface area (Å²) in [7, 11) is 1.27. The normalized spacial score (nSPS) is 11.8. The molecule has 0 aliphatic rings. The average Bonchev–Trinajstić information content (AvgIpc) is 3.12. The summed E-state index contributed by atoms with van der Waals surface area (Å²) in [5.74, 6) is -2.20.